The predicted octanol–water partition coefficient (Wildman–Crippen LogP) is 0.867. The number of pyridine rings is 1. The van der Waals surface area contributed by atoms with Gasteiger partial charge in [0.1, 0.15) is 10.8 Å². The molecule has 78 valence electrons. The van der Waals surface area contributed by atoms with Crippen molar-refractivity contribution in [3.8, 4) is 0 Å². The van der Waals surface area contributed by atoms with E-state index < -0.39 is 0 Å². The molecule has 15 heavy (non-hydrogen) atoms. The number of aromatic nitrogens is 4. The van der Waals surface area contributed by atoms with Gasteiger partial charge in [0.2, 0.25) is 0 Å². The Balaban J connectivity index is 2.11. The molecule has 0 atom stereocenters. The van der Waals surface area contributed by atoms with E-state index in [4.69, 9.17) is 16.7 Å². The van der Waals surface area contributed by atoms with E-state index in [0.717, 1.165) is 5.56 Å². The fraction of sp³-hybridized carbons (Fsp3) is 0.222. The van der Waals surface area contributed by atoms with Crippen LogP contribution in [0.2, 0.25) is 5.15 Å². The van der Waals surface area contributed by atoms with Crippen LogP contribution in [0.3, 0.4) is 0 Å². The Morgan fingerprint density at radius 3 is 2.87 bits per heavy atom. The molecule has 0 fully saturated rings. The minimum Gasteiger partial charge on any atom is -0.390 e. The summed E-state index contributed by atoms with van der Waals surface area (Å²) in [6, 6.07) is 3.59. The summed E-state index contributed by atoms with van der Waals surface area (Å²) >= 11 is 5.66. The summed E-state index contributed by atoms with van der Waals surface area (Å²) in [6.07, 6.45) is 3.37. The summed E-state index contributed by atoms with van der Waals surface area (Å²) in [5, 5.41) is 16.9. The smallest absolute Gasteiger partial charge is 0.129 e. The Labute approximate surface area is 91.3 Å². The fourth-order valence-electron chi connectivity index (χ4n) is 1.18. The summed E-state index contributed by atoms with van der Waals surface area (Å²) in [4.78, 5) is 3.96. The van der Waals surface area contributed by atoms with Crippen molar-refractivity contribution >= 4 is 11.6 Å². The van der Waals surface area contributed by atoms with E-state index in [1.807, 2.05) is 6.07 Å². The highest BCUT2D eigenvalue weighted by molar-refractivity contribution is 6.29. The van der Waals surface area contributed by atoms with Crippen molar-refractivity contribution in [3.05, 3.63) is 40.9 Å². The third kappa shape index (κ3) is 2.51. The molecule has 0 unspecified atom stereocenters. The van der Waals surface area contributed by atoms with Crippen LogP contribution in [0.4, 0.5) is 0 Å². The minimum atomic E-state index is -0.0983. The van der Waals surface area contributed by atoms with E-state index in [9.17, 15) is 0 Å². The van der Waals surface area contributed by atoms with Crippen molar-refractivity contribution in [2.24, 2.45) is 0 Å². The number of hydrogen-bond acceptors (Lipinski definition) is 4. The van der Waals surface area contributed by atoms with Crippen LogP contribution in [0.25, 0.3) is 0 Å². The van der Waals surface area contributed by atoms with Crippen molar-refractivity contribution < 1.29 is 5.11 Å². The van der Waals surface area contributed by atoms with Gasteiger partial charge in [-0.3, -0.25) is 0 Å². The van der Waals surface area contributed by atoms with Crippen LogP contribution in [0.15, 0.2) is 24.5 Å². The van der Waals surface area contributed by atoms with Crippen LogP contribution >= 0.6 is 11.6 Å². The highest BCUT2D eigenvalue weighted by Crippen LogP contribution is 2.06. The first-order chi connectivity index (χ1) is 7.28. The highest BCUT2D eigenvalue weighted by Gasteiger charge is 2.00. The molecule has 5 nitrogen and oxygen atoms in total. The van der Waals surface area contributed by atoms with Gasteiger partial charge in [0.25, 0.3) is 0 Å². The van der Waals surface area contributed by atoms with Gasteiger partial charge in [0.05, 0.1) is 19.3 Å². The second-order valence-electron chi connectivity index (χ2n) is 3.05. The van der Waals surface area contributed by atoms with Gasteiger partial charge in [-0.1, -0.05) is 22.9 Å². The average Bonchev–Trinajstić information content (AvgIpc) is 2.69. The van der Waals surface area contributed by atoms with Crippen LogP contribution in [0.1, 0.15) is 11.3 Å². The molecule has 0 aromatic carbocycles. The summed E-state index contributed by atoms with van der Waals surface area (Å²) in [7, 11) is 0. The van der Waals surface area contributed by atoms with Gasteiger partial charge in [0.15, 0.2) is 0 Å². The maximum Gasteiger partial charge on any atom is 0.129 e. The lowest BCUT2D eigenvalue weighted by Crippen LogP contribution is -2.00. The van der Waals surface area contributed by atoms with E-state index >= 15 is 0 Å². The first kappa shape index (κ1) is 10.1. The zero-order valence-corrected chi connectivity index (χ0v) is 8.59. The second-order valence-corrected chi connectivity index (χ2v) is 3.44. The van der Waals surface area contributed by atoms with Crippen LogP contribution in [0.5, 0.6) is 0 Å². The SMILES string of the molecule is OCc1cn(Cc2ccc(Cl)nc2)nn1. The van der Waals surface area contributed by atoms with Crippen molar-refractivity contribution in [1.29, 1.82) is 0 Å². The molecule has 6 heteroatoms. The zero-order valence-electron chi connectivity index (χ0n) is 7.84. The number of hydrogen-bond donors (Lipinski definition) is 1. The first-order valence-corrected chi connectivity index (χ1v) is 4.76. The highest BCUT2D eigenvalue weighted by atomic mass is 35.5. The minimum absolute atomic E-state index is 0.0983. The summed E-state index contributed by atoms with van der Waals surface area (Å²) in [5.74, 6) is 0. The molecule has 0 saturated carbocycles. The number of halogens is 1. The van der Waals surface area contributed by atoms with Crippen molar-refractivity contribution in [2.75, 3.05) is 0 Å². The van der Waals surface area contributed by atoms with Crippen LogP contribution < -0.4 is 0 Å². The molecule has 2 aromatic heterocycles. The summed E-state index contributed by atoms with van der Waals surface area (Å²) in [6.45, 7) is 0.468. The number of nitrogens with zero attached hydrogens (tertiary/aromatic N) is 4. The Bertz CT molecular complexity index is 440. The topological polar surface area (TPSA) is 63.8 Å². The first-order valence-electron chi connectivity index (χ1n) is 4.38. The Morgan fingerprint density at radius 2 is 2.27 bits per heavy atom. The van der Waals surface area contributed by atoms with Gasteiger partial charge in [0, 0.05) is 6.20 Å². The largest absolute Gasteiger partial charge is 0.390 e. The summed E-state index contributed by atoms with van der Waals surface area (Å²) in [5.41, 5.74) is 1.53. The van der Waals surface area contributed by atoms with Gasteiger partial charge < -0.3 is 5.11 Å². The third-order valence-electron chi connectivity index (χ3n) is 1.88. The molecule has 0 aliphatic rings. The average molecular weight is 225 g/mol. The van der Waals surface area contributed by atoms with Gasteiger partial charge in [-0.25, -0.2) is 9.67 Å². The molecular weight excluding hydrogens is 216 g/mol. The van der Waals surface area contributed by atoms with Crippen LogP contribution in [0, 0.1) is 0 Å². The van der Waals surface area contributed by atoms with E-state index in [-0.39, 0.29) is 6.61 Å². The maximum absolute atomic E-state index is 8.81. The van der Waals surface area contributed by atoms with E-state index in [0.29, 0.717) is 17.4 Å². The molecule has 0 spiro atoms. The van der Waals surface area contributed by atoms with Gasteiger partial charge in [-0.15, -0.1) is 5.10 Å². The lowest BCUT2D eigenvalue weighted by molar-refractivity contribution is 0.276. The number of aliphatic hydroxyl groups is 1. The van der Waals surface area contributed by atoms with Crippen molar-refractivity contribution in [1.82, 2.24) is 20.0 Å². The Kier molecular flexibility index (Phi) is 2.94. The van der Waals surface area contributed by atoms with Crippen molar-refractivity contribution in [2.45, 2.75) is 13.2 Å². The normalized spacial score (nSPS) is 10.5. The molecular formula is C9H9ClN4O. The Morgan fingerprint density at radius 1 is 1.40 bits per heavy atom. The van der Waals surface area contributed by atoms with E-state index in [1.165, 1.54) is 0 Å². The molecule has 2 heterocycles. The fourth-order valence-corrected chi connectivity index (χ4v) is 1.29. The number of rotatable bonds is 3. The van der Waals surface area contributed by atoms with Gasteiger partial charge >= 0.3 is 0 Å². The molecule has 0 saturated heterocycles. The van der Waals surface area contributed by atoms with E-state index in [1.54, 1.807) is 23.1 Å². The van der Waals surface area contributed by atoms with E-state index in [2.05, 4.69) is 15.3 Å². The molecule has 1 N–H and O–H groups in total. The second kappa shape index (κ2) is 4.37. The lowest BCUT2D eigenvalue weighted by Gasteiger charge is -1.99. The molecule has 0 radical (unpaired) electrons. The quantitative estimate of drug-likeness (QED) is 0.786. The lowest BCUT2D eigenvalue weighted by atomic mass is 10.3. The molecule has 0 bridgehead atoms. The maximum atomic E-state index is 8.81. The third-order valence-corrected chi connectivity index (χ3v) is 2.10. The molecule has 2 aromatic rings. The zero-order chi connectivity index (χ0) is 10.7. The molecule has 0 amide bonds. The van der Waals surface area contributed by atoms with Gasteiger partial charge in [-0.05, 0) is 11.6 Å². The summed E-state index contributed by atoms with van der Waals surface area (Å²) < 4.78 is 1.64. The molecule has 2 rings (SSSR count). The molecule has 0 aliphatic heterocycles. The molecule has 0 aliphatic carbocycles. The predicted molar refractivity (Wildman–Crippen MR) is 54.3 cm³/mol. The Hall–Kier alpha value is -1.46. The number of aliphatic hydroxyl groups excluding tert-OH is 1. The van der Waals surface area contributed by atoms with Crippen molar-refractivity contribution in [3.63, 3.8) is 0 Å². The monoisotopic (exact) mass is 224 g/mol. The van der Waals surface area contributed by atoms with Crippen LogP contribution in [-0.2, 0) is 13.2 Å². The van der Waals surface area contributed by atoms with Crippen LogP contribution in [-0.4, -0.2) is 25.1 Å². The van der Waals surface area contributed by atoms with Gasteiger partial charge in [-0.2, -0.15) is 0 Å². The standard InChI is InChI=1S/C9H9ClN4O/c10-9-2-1-7(3-11-9)4-14-5-8(6-15)12-13-14/h1-3,5,15H,4,6H2.